The van der Waals surface area contributed by atoms with Crippen LogP contribution < -0.4 is 4.90 Å². The number of fused-ring (bicyclic) bond motifs is 4. The Morgan fingerprint density at radius 1 is 0.830 bits per heavy atom. The van der Waals surface area contributed by atoms with Crippen LogP contribution in [0.3, 0.4) is 0 Å². The number of amides is 2. The molecule has 2 amide bonds. The monoisotopic (exact) mass is 651 g/mol. The van der Waals surface area contributed by atoms with E-state index in [1.165, 1.54) is 19.1 Å². The molecule has 1 heterocycles. The molecule has 12 heteroatoms. The largest absolute Gasteiger partial charge is 0.508 e. The number of phenols is 1. The van der Waals surface area contributed by atoms with Gasteiger partial charge in [-0.2, -0.15) is 26.3 Å². The van der Waals surface area contributed by atoms with E-state index in [9.17, 15) is 50.6 Å². The molecule has 0 spiro atoms. The third kappa shape index (κ3) is 4.63. The summed E-state index contributed by atoms with van der Waals surface area (Å²) in [7, 11) is 0. The highest BCUT2D eigenvalue weighted by atomic mass is 19.4. The zero-order chi connectivity index (χ0) is 33.7. The fraction of sp³-hybridized carbons (Fsp3) is 0.257. The minimum Gasteiger partial charge on any atom is -0.508 e. The Labute approximate surface area is 262 Å². The van der Waals surface area contributed by atoms with Crippen molar-refractivity contribution in [1.82, 2.24) is 0 Å². The Balaban J connectivity index is 1.39. The molecule has 3 aromatic carbocycles. The van der Waals surface area contributed by atoms with Crippen molar-refractivity contribution in [3.63, 3.8) is 0 Å². The fourth-order valence-electron chi connectivity index (χ4n) is 7.62. The van der Waals surface area contributed by atoms with E-state index in [1.807, 2.05) is 0 Å². The van der Waals surface area contributed by atoms with Crippen LogP contribution in [0, 0.1) is 17.8 Å². The Morgan fingerprint density at radius 3 is 2.15 bits per heavy atom. The van der Waals surface area contributed by atoms with E-state index in [2.05, 4.69) is 0 Å². The predicted octanol–water partition coefficient (Wildman–Crippen LogP) is 7.22. The smallest absolute Gasteiger partial charge is 0.416 e. The molecule has 1 saturated heterocycles. The van der Waals surface area contributed by atoms with Crippen LogP contribution in [0.25, 0.3) is 10.8 Å². The highest BCUT2D eigenvalue weighted by Gasteiger charge is 2.57. The number of carbonyl (C=O) groups is 4. The molecule has 1 fully saturated rings. The van der Waals surface area contributed by atoms with Gasteiger partial charge in [-0.25, -0.2) is 4.90 Å². The lowest BCUT2D eigenvalue weighted by Gasteiger charge is -2.42. The SMILES string of the molecule is CC1=CC(=O)C2=C(C[C@@H]3C(=CC[C@@H]4C(=O)N(c5cc(C(F)(F)F)cc(C(F)(F)F)c5)C(=O)[C@@H]43)[C@@H]2c2c(O)ccc3ccccc23)C1=O. The van der Waals surface area contributed by atoms with Crippen LogP contribution in [0.2, 0.25) is 0 Å². The molecule has 0 bridgehead atoms. The normalized spacial score (nSPS) is 24.7. The summed E-state index contributed by atoms with van der Waals surface area (Å²) in [6.07, 6.45) is -7.83. The molecule has 4 atom stereocenters. The van der Waals surface area contributed by atoms with Gasteiger partial charge in [0.25, 0.3) is 0 Å². The second-order valence-corrected chi connectivity index (χ2v) is 12.2. The van der Waals surface area contributed by atoms with Crippen molar-refractivity contribution >= 4 is 39.8 Å². The maximum absolute atomic E-state index is 14.1. The minimum absolute atomic E-state index is 0.0841. The van der Waals surface area contributed by atoms with Crippen molar-refractivity contribution in [3.05, 3.63) is 106 Å². The van der Waals surface area contributed by atoms with Crippen LogP contribution in [-0.4, -0.2) is 28.5 Å². The van der Waals surface area contributed by atoms with Crippen LogP contribution in [0.15, 0.2) is 89.0 Å². The summed E-state index contributed by atoms with van der Waals surface area (Å²) in [5, 5.41) is 12.5. The predicted molar refractivity (Wildman–Crippen MR) is 156 cm³/mol. The van der Waals surface area contributed by atoms with Gasteiger partial charge in [-0.1, -0.05) is 42.0 Å². The molecule has 0 aromatic heterocycles. The first-order valence-electron chi connectivity index (χ1n) is 14.7. The van der Waals surface area contributed by atoms with E-state index in [0.29, 0.717) is 38.9 Å². The number of phenolic OH excluding ortho intramolecular Hbond substituents is 1. The molecule has 1 aliphatic heterocycles. The zero-order valence-electron chi connectivity index (χ0n) is 24.4. The number of aromatic hydroxyl groups is 1. The molecule has 0 radical (unpaired) electrons. The van der Waals surface area contributed by atoms with Gasteiger partial charge in [-0.15, -0.1) is 0 Å². The van der Waals surface area contributed by atoms with Crippen molar-refractivity contribution in [3.8, 4) is 5.75 Å². The third-order valence-electron chi connectivity index (χ3n) is 9.63. The number of carbonyl (C=O) groups excluding carboxylic acids is 4. The molecule has 0 unspecified atom stereocenters. The summed E-state index contributed by atoms with van der Waals surface area (Å²) in [6, 6.07) is 10.7. The Bertz CT molecular complexity index is 2020. The molecule has 3 aromatic rings. The summed E-state index contributed by atoms with van der Waals surface area (Å²) >= 11 is 0. The third-order valence-corrected chi connectivity index (χ3v) is 9.63. The van der Waals surface area contributed by atoms with Gasteiger partial charge >= 0.3 is 12.4 Å². The van der Waals surface area contributed by atoms with Crippen molar-refractivity contribution in [1.29, 1.82) is 0 Å². The first-order valence-corrected chi connectivity index (χ1v) is 14.7. The number of allylic oxidation sites excluding steroid dienone is 6. The number of imide groups is 1. The molecular formula is C35H23F6NO5. The highest BCUT2D eigenvalue weighted by molar-refractivity contribution is 6.25. The summed E-state index contributed by atoms with van der Waals surface area (Å²) in [4.78, 5) is 55.3. The first kappa shape index (κ1) is 30.6. The quantitative estimate of drug-likeness (QED) is 0.137. The maximum atomic E-state index is 14.1. The van der Waals surface area contributed by atoms with E-state index in [-0.39, 0.29) is 41.4 Å². The molecule has 7 rings (SSSR count). The Kier molecular flexibility index (Phi) is 6.68. The highest BCUT2D eigenvalue weighted by Crippen LogP contribution is 2.57. The van der Waals surface area contributed by atoms with Gasteiger partial charge in [0.15, 0.2) is 11.6 Å². The summed E-state index contributed by atoms with van der Waals surface area (Å²) < 4.78 is 82.1. The van der Waals surface area contributed by atoms with Crippen molar-refractivity contribution < 1.29 is 50.6 Å². The fourth-order valence-corrected chi connectivity index (χ4v) is 7.62. The number of ketones is 2. The number of rotatable bonds is 2. The Morgan fingerprint density at radius 2 is 1.49 bits per heavy atom. The standard InChI is InChI=1S/C35H23F6NO5/c1-15-10-26(44)29-24(31(15)45)14-23-21(30(29)28-20-5-3-2-4-16(20)6-9-25(28)43)7-8-22-27(23)33(47)42(32(22)46)19-12-17(34(36,37)38)11-18(13-19)35(39,40)41/h2-7,9-13,22-23,27,30,43H,8,14H2,1H3/t22-,23+,27-,30+/m0/s1. The van der Waals surface area contributed by atoms with Crippen LogP contribution in [0.1, 0.15) is 42.4 Å². The molecule has 240 valence electrons. The van der Waals surface area contributed by atoms with E-state index in [0.717, 1.165) is 0 Å². The van der Waals surface area contributed by atoms with Crippen molar-refractivity contribution in [2.45, 2.75) is 38.0 Å². The van der Waals surface area contributed by atoms with Crippen LogP contribution >= 0.6 is 0 Å². The molecule has 0 saturated carbocycles. The number of halogens is 6. The van der Waals surface area contributed by atoms with Gasteiger partial charge in [0.1, 0.15) is 5.75 Å². The molecule has 47 heavy (non-hydrogen) atoms. The molecule has 4 aliphatic rings. The summed E-state index contributed by atoms with van der Waals surface area (Å²) in [5.41, 5.74) is -3.09. The molecular weight excluding hydrogens is 628 g/mol. The lowest BCUT2D eigenvalue weighted by molar-refractivity contribution is -0.143. The van der Waals surface area contributed by atoms with E-state index < -0.39 is 76.2 Å². The van der Waals surface area contributed by atoms with Crippen LogP contribution in [-0.2, 0) is 31.5 Å². The van der Waals surface area contributed by atoms with Gasteiger partial charge in [0.05, 0.1) is 28.7 Å². The lowest BCUT2D eigenvalue weighted by atomic mass is 9.59. The first-order chi connectivity index (χ1) is 22.1. The van der Waals surface area contributed by atoms with Crippen LogP contribution in [0.5, 0.6) is 5.75 Å². The Hall–Kier alpha value is -5.00. The minimum atomic E-state index is -5.21. The van der Waals surface area contributed by atoms with Gasteiger partial charge in [-0.05, 0) is 66.8 Å². The maximum Gasteiger partial charge on any atom is 0.416 e. The zero-order valence-corrected chi connectivity index (χ0v) is 24.4. The lowest BCUT2D eigenvalue weighted by Crippen LogP contribution is -2.40. The number of hydrogen-bond donors (Lipinski definition) is 1. The summed E-state index contributed by atoms with van der Waals surface area (Å²) in [5.74, 6) is -7.42. The van der Waals surface area contributed by atoms with Gasteiger partial charge in [0.2, 0.25) is 11.8 Å². The second kappa shape index (κ2) is 10.2. The van der Waals surface area contributed by atoms with Gasteiger partial charge in [0, 0.05) is 28.2 Å². The number of alkyl halides is 6. The number of benzene rings is 3. The van der Waals surface area contributed by atoms with Crippen molar-refractivity contribution in [2.24, 2.45) is 17.8 Å². The van der Waals surface area contributed by atoms with Gasteiger partial charge in [-0.3, -0.25) is 19.2 Å². The average Bonchev–Trinajstić information content (AvgIpc) is 3.27. The molecule has 3 aliphatic carbocycles. The van der Waals surface area contributed by atoms with E-state index >= 15 is 0 Å². The molecule has 1 N–H and O–H groups in total. The second-order valence-electron chi connectivity index (χ2n) is 12.2. The number of hydrogen-bond acceptors (Lipinski definition) is 5. The van der Waals surface area contributed by atoms with Gasteiger partial charge < -0.3 is 5.11 Å². The molecule has 6 nitrogen and oxygen atoms in total. The number of Topliss-reactive ketones (excluding diaryl/α,β-unsaturated/α-hetero) is 1. The average molecular weight is 652 g/mol. The number of anilines is 1. The van der Waals surface area contributed by atoms with E-state index in [4.69, 9.17) is 0 Å². The van der Waals surface area contributed by atoms with Crippen molar-refractivity contribution in [2.75, 3.05) is 4.90 Å². The topological polar surface area (TPSA) is 91.8 Å². The van der Waals surface area contributed by atoms with E-state index in [1.54, 1.807) is 36.4 Å². The van der Waals surface area contributed by atoms with Crippen LogP contribution in [0.4, 0.5) is 32.0 Å². The number of nitrogens with zero attached hydrogens (tertiary/aromatic N) is 1. The summed E-state index contributed by atoms with van der Waals surface area (Å²) in [6.45, 7) is 1.46.